The molecule has 15 heavy (non-hydrogen) atoms. The third kappa shape index (κ3) is 3.20. The number of benzene rings is 1. The van der Waals surface area contributed by atoms with E-state index in [1.54, 1.807) is 12.1 Å². The Labute approximate surface area is 89.9 Å². The second kappa shape index (κ2) is 5.71. The number of phenolic OH excluding ortho intramolecular Hbond substituents is 1. The summed E-state index contributed by atoms with van der Waals surface area (Å²) in [7, 11) is 0. The SMILES string of the molecule is CCCCC[C@@H](N)c1cccc(F)c1O. The van der Waals surface area contributed by atoms with Crippen molar-refractivity contribution < 1.29 is 9.50 Å². The number of unbranched alkanes of at least 4 members (excludes halogenated alkanes) is 2. The van der Waals surface area contributed by atoms with Gasteiger partial charge < -0.3 is 10.8 Å². The van der Waals surface area contributed by atoms with Crippen LogP contribution in [-0.4, -0.2) is 5.11 Å². The quantitative estimate of drug-likeness (QED) is 0.735. The Morgan fingerprint density at radius 2 is 2.13 bits per heavy atom. The Bertz CT molecular complexity index is 314. The fourth-order valence-corrected chi connectivity index (χ4v) is 1.60. The van der Waals surface area contributed by atoms with Gasteiger partial charge in [-0.2, -0.15) is 0 Å². The zero-order valence-electron chi connectivity index (χ0n) is 9.04. The summed E-state index contributed by atoms with van der Waals surface area (Å²) in [5, 5.41) is 9.47. The summed E-state index contributed by atoms with van der Waals surface area (Å²) in [4.78, 5) is 0. The number of nitrogens with two attached hydrogens (primary N) is 1. The third-order valence-corrected chi connectivity index (χ3v) is 2.54. The van der Waals surface area contributed by atoms with Crippen molar-refractivity contribution in [1.29, 1.82) is 0 Å². The molecule has 0 radical (unpaired) electrons. The lowest BCUT2D eigenvalue weighted by Gasteiger charge is -2.13. The molecule has 0 unspecified atom stereocenters. The molecular formula is C12H18FNO. The Balaban J connectivity index is 2.65. The number of halogens is 1. The Morgan fingerprint density at radius 3 is 2.80 bits per heavy atom. The normalized spacial score (nSPS) is 12.7. The minimum absolute atomic E-state index is 0.271. The molecule has 1 atom stereocenters. The maximum absolute atomic E-state index is 13.0. The maximum atomic E-state index is 13.0. The summed E-state index contributed by atoms with van der Waals surface area (Å²) in [5.41, 5.74) is 6.38. The average Bonchev–Trinajstić information content (AvgIpc) is 2.22. The summed E-state index contributed by atoms with van der Waals surface area (Å²) in [5.74, 6) is -0.903. The van der Waals surface area contributed by atoms with Gasteiger partial charge in [-0.3, -0.25) is 0 Å². The molecule has 0 fully saturated rings. The van der Waals surface area contributed by atoms with Crippen molar-refractivity contribution >= 4 is 0 Å². The molecule has 3 heteroatoms. The van der Waals surface area contributed by atoms with Gasteiger partial charge in [-0.05, 0) is 12.5 Å². The predicted molar refractivity (Wildman–Crippen MR) is 59.1 cm³/mol. The van der Waals surface area contributed by atoms with Gasteiger partial charge in [0.2, 0.25) is 0 Å². The van der Waals surface area contributed by atoms with Gasteiger partial charge in [0, 0.05) is 11.6 Å². The van der Waals surface area contributed by atoms with Crippen molar-refractivity contribution in [2.45, 2.75) is 38.6 Å². The van der Waals surface area contributed by atoms with Crippen LogP contribution in [0.3, 0.4) is 0 Å². The van der Waals surface area contributed by atoms with E-state index in [1.165, 1.54) is 6.07 Å². The first-order valence-corrected chi connectivity index (χ1v) is 5.39. The fourth-order valence-electron chi connectivity index (χ4n) is 1.60. The average molecular weight is 211 g/mol. The van der Waals surface area contributed by atoms with E-state index in [1.807, 2.05) is 0 Å². The van der Waals surface area contributed by atoms with E-state index < -0.39 is 5.82 Å². The van der Waals surface area contributed by atoms with E-state index in [2.05, 4.69) is 6.92 Å². The maximum Gasteiger partial charge on any atom is 0.165 e. The van der Waals surface area contributed by atoms with Crippen LogP contribution >= 0.6 is 0 Å². The van der Waals surface area contributed by atoms with Gasteiger partial charge in [0.15, 0.2) is 11.6 Å². The lowest BCUT2D eigenvalue weighted by atomic mass is 10.0. The molecule has 1 rings (SSSR count). The first kappa shape index (κ1) is 12.0. The van der Waals surface area contributed by atoms with Crippen LogP contribution < -0.4 is 5.73 Å². The lowest BCUT2D eigenvalue weighted by Crippen LogP contribution is -2.10. The van der Waals surface area contributed by atoms with Crippen LogP contribution in [0, 0.1) is 5.82 Å². The summed E-state index contributed by atoms with van der Waals surface area (Å²) >= 11 is 0. The molecule has 0 bridgehead atoms. The smallest absolute Gasteiger partial charge is 0.165 e. The summed E-state index contributed by atoms with van der Waals surface area (Å²) < 4.78 is 13.0. The van der Waals surface area contributed by atoms with Gasteiger partial charge in [-0.15, -0.1) is 0 Å². The van der Waals surface area contributed by atoms with Crippen LogP contribution in [0.2, 0.25) is 0 Å². The Kier molecular flexibility index (Phi) is 4.56. The van der Waals surface area contributed by atoms with Crippen molar-refractivity contribution in [2.24, 2.45) is 5.73 Å². The zero-order chi connectivity index (χ0) is 11.3. The molecule has 0 aliphatic rings. The van der Waals surface area contributed by atoms with Crippen molar-refractivity contribution in [3.63, 3.8) is 0 Å². The summed E-state index contributed by atoms with van der Waals surface area (Å²) in [6.45, 7) is 2.12. The highest BCUT2D eigenvalue weighted by molar-refractivity contribution is 5.35. The standard InChI is InChI=1S/C12H18FNO/c1-2-3-4-8-11(14)9-6-5-7-10(13)12(9)15/h5-7,11,15H,2-4,8,14H2,1H3/t11-/m1/s1. The molecule has 1 aromatic carbocycles. The number of rotatable bonds is 5. The first-order valence-electron chi connectivity index (χ1n) is 5.39. The summed E-state index contributed by atoms with van der Waals surface area (Å²) in [6.07, 6.45) is 4.03. The van der Waals surface area contributed by atoms with Gasteiger partial charge in [0.05, 0.1) is 0 Å². The Morgan fingerprint density at radius 1 is 1.40 bits per heavy atom. The molecule has 2 nitrogen and oxygen atoms in total. The minimum Gasteiger partial charge on any atom is -0.505 e. The van der Waals surface area contributed by atoms with Crippen molar-refractivity contribution in [3.8, 4) is 5.75 Å². The second-order valence-corrected chi connectivity index (χ2v) is 3.78. The molecule has 0 saturated heterocycles. The van der Waals surface area contributed by atoms with Crippen molar-refractivity contribution in [3.05, 3.63) is 29.6 Å². The van der Waals surface area contributed by atoms with Gasteiger partial charge in [0.25, 0.3) is 0 Å². The third-order valence-electron chi connectivity index (χ3n) is 2.54. The number of hydrogen-bond acceptors (Lipinski definition) is 2. The first-order chi connectivity index (χ1) is 7.16. The van der Waals surface area contributed by atoms with Crippen LogP contribution in [0.4, 0.5) is 4.39 Å². The van der Waals surface area contributed by atoms with Gasteiger partial charge in [0.1, 0.15) is 0 Å². The predicted octanol–water partition coefficient (Wildman–Crippen LogP) is 3.11. The molecule has 0 saturated carbocycles. The van der Waals surface area contributed by atoms with Gasteiger partial charge >= 0.3 is 0 Å². The largest absolute Gasteiger partial charge is 0.505 e. The zero-order valence-corrected chi connectivity index (χ0v) is 9.04. The lowest BCUT2D eigenvalue weighted by molar-refractivity contribution is 0.417. The molecular weight excluding hydrogens is 193 g/mol. The number of para-hydroxylation sites is 1. The number of phenols is 1. The molecule has 0 aliphatic carbocycles. The number of aromatic hydroxyl groups is 1. The minimum atomic E-state index is -0.599. The topological polar surface area (TPSA) is 46.2 Å². The van der Waals surface area contributed by atoms with Crippen molar-refractivity contribution in [2.75, 3.05) is 0 Å². The van der Waals surface area contributed by atoms with E-state index >= 15 is 0 Å². The molecule has 3 N–H and O–H groups in total. The van der Waals surface area contributed by atoms with E-state index in [-0.39, 0.29) is 11.8 Å². The highest BCUT2D eigenvalue weighted by Gasteiger charge is 2.13. The van der Waals surface area contributed by atoms with E-state index in [9.17, 15) is 9.50 Å². The molecule has 0 aromatic heterocycles. The highest BCUT2D eigenvalue weighted by atomic mass is 19.1. The molecule has 0 aliphatic heterocycles. The molecule has 0 heterocycles. The molecule has 1 aromatic rings. The molecule has 84 valence electrons. The number of hydrogen-bond donors (Lipinski definition) is 2. The van der Waals surface area contributed by atoms with Crippen molar-refractivity contribution in [1.82, 2.24) is 0 Å². The van der Waals surface area contributed by atoms with Crippen LogP contribution in [0.15, 0.2) is 18.2 Å². The van der Waals surface area contributed by atoms with Crippen LogP contribution in [-0.2, 0) is 0 Å². The Hall–Kier alpha value is -1.09. The van der Waals surface area contributed by atoms with E-state index in [4.69, 9.17) is 5.73 Å². The molecule has 0 spiro atoms. The highest BCUT2D eigenvalue weighted by Crippen LogP contribution is 2.28. The second-order valence-electron chi connectivity index (χ2n) is 3.78. The van der Waals surface area contributed by atoms with Crippen LogP contribution in [0.1, 0.15) is 44.2 Å². The summed E-state index contributed by atoms with van der Waals surface area (Å²) in [6, 6.07) is 4.21. The van der Waals surface area contributed by atoms with Gasteiger partial charge in [-0.25, -0.2) is 4.39 Å². The molecule has 0 amide bonds. The fraction of sp³-hybridized carbons (Fsp3) is 0.500. The van der Waals surface area contributed by atoms with Crippen LogP contribution in [0.25, 0.3) is 0 Å². The van der Waals surface area contributed by atoms with E-state index in [0.717, 1.165) is 25.7 Å². The van der Waals surface area contributed by atoms with E-state index in [0.29, 0.717) is 5.56 Å². The van der Waals surface area contributed by atoms with Crippen LogP contribution in [0.5, 0.6) is 5.75 Å². The van der Waals surface area contributed by atoms with Gasteiger partial charge in [-0.1, -0.05) is 38.3 Å². The monoisotopic (exact) mass is 211 g/mol.